The average molecular weight is 218 g/mol. The number of nitrogens with zero attached hydrogens (tertiary/aromatic N) is 3. The van der Waals surface area contributed by atoms with E-state index in [1.807, 2.05) is 25.3 Å². The summed E-state index contributed by atoms with van der Waals surface area (Å²) in [6.07, 6.45) is 5.22. The van der Waals surface area contributed by atoms with E-state index in [1.54, 1.807) is 17.1 Å². The largest absolute Gasteiger partial charge is 0.452 e. The Morgan fingerprint density at radius 3 is 3.06 bits per heavy atom. The molecule has 0 bridgehead atoms. The van der Waals surface area contributed by atoms with E-state index in [9.17, 15) is 0 Å². The van der Waals surface area contributed by atoms with Gasteiger partial charge in [-0.1, -0.05) is 0 Å². The average Bonchev–Trinajstić information content (AvgIpc) is 2.77. The molecule has 84 valence electrons. The van der Waals surface area contributed by atoms with Crippen molar-refractivity contribution < 1.29 is 4.74 Å². The topological polar surface area (TPSA) is 66.0 Å². The van der Waals surface area contributed by atoms with E-state index in [0.717, 1.165) is 12.2 Å². The Kier molecular flexibility index (Phi) is 3.16. The molecule has 2 heterocycles. The summed E-state index contributed by atoms with van der Waals surface area (Å²) >= 11 is 0. The van der Waals surface area contributed by atoms with Crippen LogP contribution in [0.5, 0.6) is 11.5 Å². The Labute approximate surface area is 93.9 Å². The van der Waals surface area contributed by atoms with Crippen molar-refractivity contribution in [2.45, 2.75) is 20.0 Å². The lowest BCUT2D eigenvalue weighted by atomic mass is 10.3. The summed E-state index contributed by atoms with van der Waals surface area (Å²) < 4.78 is 7.46. The minimum absolute atomic E-state index is 0.359. The number of hydrogen-bond donors (Lipinski definition) is 1. The number of aromatic nitrogens is 3. The molecule has 0 spiro atoms. The van der Waals surface area contributed by atoms with Gasteiger partial charge >= 0.3 is 0 Å². The van der Waals surface area contributed by atoms with Gasteiger partial charge < -0.3 is 10.5 Å². The molecule has 0 aliphatic rings. The van der Waals surface area contributed by atoms with E-state index < -0.39 is 0 Å². The number of hydrogen-bond acceptors (Lipinski definition) is 4. The highest BCUT2D eigenvalue weighted by Crippen LogP contribution is 2.22. The molecule has 0 aliphatic carbocycles. The highest BCUT2D eigenvalue weighted by molar-refractivity contribution is 5.31. The highest BCUT2D eigenvalue weighted by Gasteiger charge is 2.05. The van der Waals surface area contributed by atoms with Crippen LogP contribution in [0.2, 0.25) is 0 Å². The van der Waals surface area contributed by atoms with Crippen LogP contribution in [0.1, 0.15) is 12.6 Å². The van der Waals surface area contributed by atoms with Gasteiger partial charge in [0.2, 0.25) is 0 Å². The van der Waals surface area contributed by atoms with Crippen molar-refractivity contribution in [1.29, 1.82) is 0 Å². The molecular weight excluding hydrogens is 204 g/mol. The quantitative estimate of drug-likeness (QED) is 0.845. The molecule has 2 aromatic heterocycles. The third-order valence-electron chi connectivity index (χ3n) is 2.20. The summed E-state index contributed by atoms with van der Waals surface area (Å²) in [6, 6.07) is 3.66. The summed E-state index contributed by atoms with van der Waals surface area (Å²) in [5, 5.41) is 4.13. The van der Waals surface area contributed by atoms with Crippen LogP contribution in [0.25, 0.3) is 0 Å². The van der Waals surface area contributed by atoms with Gasteiger partial charge in [0.25, 0.3) is 0 Å². The highest BCUT2D eigenvalue weighted by atomic mass is 16.5. The van der Waals surface area contributed by atoms with Crippen molar-refractivity contribution in [1.82, 2.24) is 14.8 Å². The van der Waals surface area contributed by atoms with Crippen molar-refractivity contribution in [3.63, 3.8) is 0 Å². The fraction of sp³-hybridized carbons (Fsp3) is 0.273. The minimum Gasteiger partial charge on any atom is -0.452 e. The zero-order valence-corrected chi connectivity index (χ0v) is 9.13. The second-order valence-electron chi connectivity index (χ2n) is 3.29. The molecule has 0 saturated carbocycles. The van der Waals surface area contributed by atoms with Gasteiger partial charge in [0.05, 0.1) is 18.1 Å². The number of ether oxygens (including phenoxy) is 1. The van der Waals surface area contributed by atoms with Gasteiger partial charge in [-0.3, -0.25) is 9.67 Å². The van der Waals surface area contributed by atoms with Gasteiger partial charge in [0.15, 0.2) is 5.75 Å². The number of aryl methyl sites for hydroxylation is 1. The maximum Gasteiger partial charge on any atom is 0.165 e. The first-order chi connectivity index (χ1) is 7.83. The van der Waals surface area contributed by atoms with Gasteiger partial charge in [0.1, 0.15) is 5.75 Å². The maximum atomic E-state index is 5.66. The lowest BCUT2D eigenvalue weighted by Crippen LogP contribution is -2.01. The summed E-state index contributed by atoms with van der Waals surface area (Å²) in [7, 11) is 0. The lowest BCUT2D eigenvalue weighted by Gasteiger charge is -2.06. The minimum atomic E-state index is 0.359. The van der Waals surface area contributed by atoms with Gasteiger partial charge in [-0.15, -0.1) is 0 Å². The Morgan fingerprint density at radius 2 is 2.38 bits per heavy atom. The molecule has 0 atom stereocenters. The van der Waals surface area contributed by atoms with E-state index in [0.29, 0.717) is 18.0 Å². The van der Waals surface area contributed by atoms with Crippen LogP contribution in [0.15, 0.2) is 30.7 Å². The van der Waals surface area contributed by atoms with Crippen molar-refractivity contribution in [3.8, 4) is 11.5 Å². The number of nitrogens with two attached hydrogens (primary N) is 1. The predicted octanol–water partition coefficient (Wildman–Crippen LogP) is 1.55. The van der Waals surface area contributed by atoms with Crippen molar-refractivity contribution >= 4 is 0 Å². The molecule has 0 amide bonds. The standard InChI is InChI=1S/C11H14N4O/c1-2-15-8-9(7-14-15)16-11-4-3-5-13-10(11)6-12/h3-5,7-8H,2,6,12H2,1H3. The first kappa shape index (κ1) is 10.6. The van der Waals surface area contributed by atoms with E-state index in [2.05, 4.69) is 10.1 Å². The molecule has 2 rings (SSSR count). The SMILES string of the molecule is CCn1cc(Oc2cccnc2CN)cn1. The molecule has 16 heavy (non-hydrogen) atoms. The van der Waals surface area contributed by atoms with Gasteiger partial charge in [-0.25, -0.2) is 0 Å². The molecule has 5 heteroatoms. The zero-order valence-electron chi connectivity index (χ0n) is 9.13. The Hall–Kier alpha value is -1.88. The molecule has 0 aromatic carbocycles. The van der Waals surface area contributed by atoms with Crippen LogP contribution >= 0.6 is 0 Å². The molecule has 2 N–H and O–H groups in total. The van der Waals surface area contributed by atoms with Crippen LogP contribution < -0.4 is 10.5 Å². The first-order valence-corrected chi connectivity index (χ1v) is 5.17. The van der Waals surface area contributed by atoms with Gasteiger partial charge in [-0.2, -0.15) is 5.10 Å². The van der Waals surface area contributed by atoms with Crippen LogP contribution in [0.4, 0.5) is 0 Å². The van der Waals surface area contributed by atoms with Gasteiger partial charge in [0, 0.05) is 19.3 Å². The number of pyridine rings is 1. The summed E-state index contributed by atoms with van der Waals surface area (Å²) in [6.45, 7) is 3.20. The predicted molar refractivity (Wildman–Crippen MR) is 60.1 cm³/mol. The molecular formula is C11H14N4O. The molecule has 0 unspecified atom stereocenters. The van der Waals surface area contributed by atoms with Crippen molar-refractivity contribution in [2.75, 3.05) is 0 Å². The fourth-order valence-electron chi connectivity index (χ4n) is 1.37. The van der Waals surface area contributed by atoms with Gasteiger partial charge in [-0.05, 0) is 19.1 Å². The maximum absolute atomic E-state index is 5.66. The summed E-state index contributed by atoms with van der Waals surface area (Å²) in [5.74, 6) is 1.38. The smallest absolute Gasteiger partial charge is 0.165 e. The van der Waals surface area contributed by atoms with Crippen LogP contribution in [-0.4, -0.2) is 14.8 Å². The Morgan fingerprint density at radius 1 is 1.50 bits per heavy atom. The lowest BCUT2D eigenvalue weighted by molar-refractivity contribution is 0.471. The molecule has 0 fully saturated rings. The second-order valence-corrected chi connectivity index (χ2v) is 3.29. The summed E-state index contributed by atoms with van der Waals surface area (Å²) in [4.78, 5) is 4.14. The van der Waals surface area contributed by atoms with Crippen molar-refractivity contribution in [3.05, 3.63) is 36.4 Å². The third kappa shape index (κ3) is 2.20. The second kappa shape index (κ2) is 4.76. The third-order valence-corrected chi connectivity index (χ3v) is 2.20. The molecule has 5 nitrogen and oxygen atoms in total. The van der Waals surface area contributed by atoms with Crippen molar-refractivity contribution in [2.24, 2.45) is 5.73 Å². The Bertz CT molecular complexity index is 467. The van der Waals surface area contributed by atoms with E-state index in [-0.39, 0.29) is 0 Å². The molecule has 2 aromatic rings. The first-order valence-electron chi connectivity index (χ1n) is 5.17. The van der Waals surface area contributed by atoms with E-state index in [4.69, 9.17) is 10.5 Å². The molecule has 0 radical (unpaired) electrons. The molecule has 0 aliphatic heterocycles. The number of rotatable bonds is 4. The Balaban J connectivity index is 2.19. The molecule has 0 saturated heterocycles. The van der Waals surface area contributed by atoms with E-state index >= 15 is 0 Å². The zero-order chi connectivity index (χ0) is 11.4. The van der Waals surface area contributed by atoms with Crippen LogP contribution in [0.3, 0.4) is 0 Å². The monoisotopic (exact) mass is 218 g/mol. The fourth-order valence-corrected chi connectivity index (χ4v) is 1.37. The summed E-state index contributed by atoms with van der Waals surface area (Å²) in [5.41, 5.74) is 6.31. The van der Waals surface area contributed by atoms with Crippen LogP contribution in [-0.2, 0) is 13.1 Å². The van der Waals surface area contributed by atoms with Crippen LogP contribution in [0, 0.1) is 0 Å². The normalized spacial score (nSPS) is 10.4. The van der Waals surface area contributed by atoms with E-state index in [1.165, 1.54) is 0 Å².